The molecular formula is C13H17N5O2. The predicted octanol–water partition coefficient (Wildman–Crippen LogP) is 1.48. The van der Waals surface area contributed by atoms with Crippen LogP contribution < -0.4 is 0 Å². The maximum atomic E-state index is 12.6. The fourth-order valence-corrected chi connectivity index (χ4v) is 2.57. The number of likely N-dealkylation sites (tertiary alicyclic amines) is 1. The van der Waals surface area contributed by atoms with Gasteiger partial charge in [-0.2, -0.15) is 10.1 Å². The van der Waals surface area contributed by atoms with Gasteiger partial charge in [0.05, 0.1) is 6.04 Å². The Morgan fingerprint density at radius 1 is 1.45 bits per heavy atom. The average Bonchev–Trinajstić information content (AvgIpc) is 3.07. The largest absolute Gasteiger partial charge is 0.340 e. The van der Waals surface area contributed by atoms with Crippen LogP contribution in [0.5, 0.6) is 0 Å². The zero-order chi connectivity index (χ0) is 14.1. The molecule has 1 atom stereocenters. The molecule has 0 aromatic carbocycles. The van der Waals surface area contributed by atoms with E-state index in [1.165, 1.54) is 0 Å². The summed E-state index contributed by atoms with van der Waals surface area (Å²) < 4.78 is 6.67. The molecule has 0 bridgehead atoms. The topological polar surface area (TPSA) is 77.1 Å². The van der Waals surface area contributed by atoms with Gasteiger partial charge in [-0.3, -0.25) is 9.48 Å². The van der Waals surface area contributed by atoms with Gasteiger partial charge < -0.3 is 9.42 Å². The first kappa shape index (κ1) is 12.8. The molecule has 1 aliphatic rings. The van der Waals surface area contributed by atoms with E-state index in [9.17, 15) is 4.79 Å². The number of carbonyl (C=O) groups excluding carboxylic acids is 1. The Morgan fingerprint density at radius 2 is 2.30 bits per heavy atom. The molecule has 3 heterocycles. The van der Waals surface area contributed by atoms with E-state index in [0.717, 1.165) is 19.3 Å². The minimum absolute atomic E-state index is 0.0715. The van der Waals surface area contributed by atoms with E-state index in [1.807, 2.05) is 0 Å². The van der Waals surface area contributed by atoms with Crippen LogP contribution in [0.3, 0.4) is 0 Å². The molecule has 3 rings (SSSR count). The number of rotatable bonds is 2. The standard InChI is InChI=1S/C13H17N5O2/c1-9-14-12(16-20-9)11-5-3-4-7-18(11)13(19)10-6-8-17(2)15-10/h6,8,11H,3-5,7H2,1-2H3. The summed E-state index contributed by atoms with van der Waals surface area (Å²) in [6.07, 6.45) is 4.68. The van der Waals surface area contributed by atoms with Gasteiger partial charge in [-0.25, -0.2) is 0 Å². The first-order chi connectivity index (χ1) is 9.65. The Balaban J connectivity index is 1.87. The lowest BCUT2D eigenvalue weighted by Crippen LogP contribution is -2.39. The van der Waals surface area contributed by atoms with Gasteiger partial charge in [0.1, 0.15) is 5.69 Å². The Bertz CT molecular complexity index is 618. The van der Waals surface area contributed by atoms with Crippen molar-refractivity contribution >= 4 is 5.91 Å². The summed E-state index contributed by atoms with van der Waals surface area (Å²) in [6.45, 7) is 2.46. The highest BCUT2D eigenvalue weighted by Gasteiger charge is 2.32. The van der Waals surface area contributed by atoms with Gasteiger partial charge in [-0.1, -0.05) is 5.16 Å². The van der Waals surface area contributed by atoms with Crippen molar-refractivity contribution in [1.29, 1.82) is 0 Å². The monoisotopic (exact) mass is 275 g/mol. The van der Waals surface area contributed by atoms with Crippen molar-refractivity contribution in [3.63, 3.8) is 0 Å². The third kappa shape index (κ3) is 2.31. The lowest BCUT2D eigenvalue weighted by molar-refractivity contribution is 0.0590. The van der Waals surface area contributed by atoms with Crippen molar-refractivity contribution < 1.29 is 9.32 Å². The molecule has 20 heavy (non-hydrogen) atoms. The molecule has 0 aliphatic carbocycles. The van der Waals surface area contributed by atoms with Crippen LogP contribution in [0, 0.1) is 6.92 Å². The summed E-state index contributed by atoms with van der Waals surface area (Å²) in [5.74, 6) is 1.04. The molecule has 0 N–H and O–H groups in total. The molecule has 0 radical (unpaired) electrons. The van der Waals surface area contributed by atoms with Gasteiger partial charge in [0, 0.05) is 26.7 Å². The summed E-state index contributed by atoms with van der Waals surface area (Å²) in [6, 6.07) is 1.62. The lowest BCUT2D eigenvalue weighted by atomic mass is 10.0. The van der Waals surface area contributed by atoms with E-state index in [1.54, 1.807) is 35.8 Å². The summed E-state index contributed by atoms with van der Waals surface area (Å²) in [5, 5.41) is 8.15. The van der Waals surface area contributed by atoms with E-state index in [4.69, 9.17) is 4.52 Å². The first-order valence-electron chi connectivity index (χ1n) is 6.76. The van der Waals surface area contributed by atoms with Crippen LogP contribution in [0.1, 0.15) is 47.5 Å². The Morgan fingerprint density at radius 3 is 2.95 bits per heavy atom. The average molecular weight is 275 g/mol. The second kappa shape index (κ2) is 5.07. The number of piperidine rings is 1. The minimum atomic E-state index is -0.115. The first-order valence-corrected chi connectivity index (χ1v) is 6.76. The van der Waals surface area contributed by atoms with E-state index in [0.29, 0.717) is 24.0 Å². The second-order valence-corrected chi connectivity index (χ2v) is 5.06. The number of carbonyl (C=O) groups is 1. The highest BCUT2D eigenvalue weighted by Crippen LogP contribution is 2.30. The van der Waals surface area contributed by atoms with E-state index >= 15 is 0 Å². The Labute approximate surface area is 116 Å². The van der Waals surface area contributed by atoms with Gasteiger partial charge in [0.2, 0.25) is 5.89 Å². The molecule has 1 aliphatic heterocycles. The van der Waals surface area contributed by atoms with Crippen molar-refractivity contribution in [3.05, 3.63) is 29.7 Å². The number of hydrogen-bond acceptors (Lipinski definition) is 5. The smallest absolute Gasteiger partial charge is 0.274 e. The highest BCUT2D eigenvalue weighted by atomic mass is 16.5. The van der Waals surface area contributed by atoms with Crippen molar-refractivity contribution in [1.82, 2.24) is 24.8 Å². The van der Waals surface area contributed by atoms with Crippen molar-refractivity contribution in [2.24, 2.45) is 7.05 Å². The van der Waals surface area contributed by atoms with Crippen LogP contribution >= 0.6 is 0 Å². The molecule has 2 aromatic rings. The Kier molecular flexibility index (Phi) is 3.25. The van der Waals surface area contributed by atoms with Crippen LogP contribution in [-0.2, 0) is 7.05 Å². The highest BCUT2D eigenvalue weighted by molar-refractivity contribution is 5.92. The summed E-state index contributed by atoms with van der Waals surface area (Å²) in [7, 11) is 1.80. The van der Waals surface area contributed by atoms with E-state index < -0.39 is 0 Å². The molecule has 7 nitrogen and oxygen atoms in total. The number of hydrogen-bond donors (Lipinski definition) is 0. The molecule has 106 valence electrons. The van der Waals surface area contributed by atoms with E-state index in [2.05, 4.69) is 15.2 Å². The second-order valence-electron chi connectivity index (χ2n) is 5.06. The van der Waals surface area contributed by atoms with Gasteiger partial charge in [-0.05, 0) is 25.3 Å². The molecule has 2 aromatic heterocycles. The number of amides is 1. The molecule has 7 heteroatoms. The summed E-state index contributed by atoms with van der Waals surface area (Å²) >= 11 is 0. The maximum Gasteiger partial charge on any atom is 0.274 e. The summed E-state index contributed by atoms with van der Waals surface area (Å²) in [5.41, 5.74) is 0.458. The quantitative estimate of drug-likeness (QED) is 0.829. The SMILES string of the molecule is Cc1nc(C2CCCCN2C(=O)c2ccn(C)n2)no1. The van der Waals surface area contributed by atoms with Crippen molar-refractivity contribution in [3.8, 4) is 0 Å². The van der Waals surface area contributed by atoms with Crippen LogP contribution in [-0.4, -0.2) is 37.3 Å². The fourth-order valence-electron chi connectivity index (χ4n) is 2.57. The zero-order valence-electron chi connectivity index (χ0n) is 11.6. The molecular weight excluding hydrogens is 258 g/mol. The van der Waals surface area contributed by atoms with Crippen LogP contribution in [0.15, 0.2) is 16.8 Å². The van der Waals surface area contributed by atoms with Crippen molar-refractivity contribution in [2.45, 2.75) is 32.2 Å². The molecule has 0 spiro atoms. The van der Waals surface area contributed by atoms with Crippen LogP contribution in [0.4, 0.5) is 0 Å². The maximum absolute atomic E-state index is 12.6. The normalized spacial score (nSPS) is 19.3. The van der Waals surface area contributed by atoms with Crippen LogP contribution in [0.2, 0.25) is 0 Å². The third-order valence-corrected chi connectivity index (χ3v) is 3.54. The van der Waals surface area contributed by atoms with Gasteiger partial charge >= 0.3 is 0 Å². The molecule has 1 fully saturated rings. The van der Waals surface area contributed by atoms with Gasteiger partial charge in [0.25, 0.3) is 5.91 Å². The third-order valence-electron chi connectivity index (χ3n) is 3.54. The van der Waals surface area contributed by atoms with Crippen LogP contribution in [0.25, 0.3) is 0 Å². The van der Waals surface area contributed by atoms with E-state index in [-0.39, 0.29) is 11.9 Å². The molecule has 1 unspecified atom stereocenters. The predicted molar refractivity (Wildman–Crippen MR) is 69.9 cm³/mol. The van der Waals surface area contributed by atoms with Crippen molar-refractivity contribution in [2.75, 3.05) is 6.54 Å². The fraction of sp³-hybridized carbons (Fsp3) is 0.538. The van der Waals surface area contributed by atoms with Gasteiger partial charge in [-0.15, -0.1) is 0 Å². The number of nitrogens with zero attached hydrogens (tertiary/aromatic N) is 5. The Hall–Kier alpha value is -2.18. The lowest BCUT2D eigenvalue weighted by Gasteiger charge is -2.33. The molecule has 1 amide bonds. The summed E-state index contributed by atoms with van der Waals surface area (Å²) in [4.78, 5) is 18.6. The molecule has 0 saturated carbocycles. The zero-order valence-corrected chi connectivity index (χ0v) is 11.6. The van der Waals surface area contributed by atoms with Gasteiger partial charge in [0.15, 0.2) is 5.82 Å². The number of aryl methyl sites for hydroxylation is 2. The minimum Gasteiger partial charge on any atom is -0.340 e. The number of aromatic nitrogens is 4. The molecule has 1 saturated heterocycles.